The van der Waals surface area contributed by atoms with Crippen molar-refractivity contribution in [1.82, 2.24) is 0 Å². The molecule has 0 saturated heterocycles. The molecule has 0 saturated carbocycles. The first-order valence-electron chi connectivity index (χ1n) is 8.86. The van der Waals surface area contributed by atoms with Crippen LogP contribution in [0.3, 0.4) is 0 Å². The van der Waals surface area contributed by atoms with Crippen molar-refractivity contribution in [2.75, 3.05) is 0 Å². The Labute approximate surface area is 295 Å². The van der Waals surface area contributed by atoms with Crippen molar-refractivity contribution in [2.24, 2.45) is 0 Å². The van der Waals surface area contributed by atoms with E-state index in [0.717, 1.165) is 25.7 Å². The summed E-state index contributed by atoms with van der Waals surface area (Å²) in [4.78, 5) is 0. The van der Waals surface area contributed by atoms with E-state index >= 15 is 0 Å². The molecule has 0 fully saturated rings. The van der Waals surface area contributed by atoms with Gasteiger partial charge in [0.05, 0.1) is 0 Å². The Kier molecular flexibility index (Phi) is 877. The summed E-state index contributed by atoms with van der Waals surface area (Å²) >= 11 is 0. The second kappa shape index (κ2) is 359. The first-order chi connectivity index (χ1) is 19.5. The SMILES string of the molecule is C1#CCCCCCCC#CCCCCC1.[C-]#[O+].[C-]#[O+].[C-]#[O+].[C-]#[O+].[C-]#[O+].[C-]#[O+].[C-]#[O+].[C-]#[O+].[C-]#[O+].[C-]#[O+].[C-]#[O+].[C-]#[O+].[Co+3].[Co+3].[Co+3].[Co+3]. The molecule has 0 spiro atoms. The molecule has 0 atom stereocenters. The van der Waals surface area contributed by atoms with E-state index < -0.39 is 0 Å². The molecule has 0 aromatic heterocycles. The van der Waals surface area contributed by atoms with E-state index in [0.29, 0.717) is 0 Å². The summed E-state index contributed by atoms with van der Waals surface area (Å²) in [6, 6.07) is 0. The van der Waals surface area contributed by atoms with Crippen LogP contribution >= 0.6 is 0 Å². The van der Waals surface area contributed by atoms with E-state index in [1.165, 1.54) is 44.9 Å². The molecule has 1 aliphatic rings. The maximum atomic E-state index is 7.50. The number of hydrogen-bond acceptors (Lipinski definition) is 0. The van der Waals surface area contributed by atoms with Crippen LogP contribution in [0.2, 0.25) is 0 Å². The Bertz CT molecular complexity index is 594. The second-order valence-electron chi connectivity index (χ2n) is 4.18. The molecule has 0 aromatic carbocycles. The Morgan fingerprint density at radius 1 is 0.209 bits per heavy atom. The predicted molar refractivity (Wildman–Crippen MR) is 113 cm³/mol. The van der Waals surface area contributed by atoms with Gasteiger partial charge in [0, 0.05) is 25.7 Å². The molecule has 16 heteroatoms. The summed E-state index contributed by atoms with van der Waals surface area (Å²) in [5.74, 6) is 13.1. The van der Waals surface area contributed by atoms with Gasteiger partial charge >= 0.3 is 203 Å². The van der Waals surface area contributed by atoms with Crippen LogP contribution in [0.1, 0.15) is 70.6 Å². The quantitative estimate of drug-likeness (QED) is 0.194. The molecule has 0 aromatic rings. The molecule has 0 amide bonds. The second-order valence-corrected chi connectivity index (χ2v) is 4.18. The Morgan fingerprint density at radius 3 is 0.419 bits per heavy atom. The van der Waals surface area contributed by atoms with E-state index in [9.17, 15) is 0 Å². The van der Waals surface area contributed by atoms with Gasteiger partial charge in [0.1, 0.15) is 0 Å². The van der Waals surface area contributed by atoms with Gasteiger partial charge in [-0.15, -0.1) is 23.7 Å². The van der Waals surface area contributed by atoms with Gasteiger partial charge in [0.2, 0.25) is 0 Å². The first-order valence-corrected chi connectivity index (χ1v) is 8.86. The fraction of sp³-hybridized carbons (Fsp3) is 0.407. The van der Waals surface area contributed by atoms with Gasteiger partial charge in [-0.2, -0.15) is 0 Å². The molecule has 1 rings (SSSR count). The Morgan fingerprint density at radius 2 is 0.302 bits per heavy atom. The maximum Gasteiger partial charge on any atom is 3.00 e. The van der Waals surface area contributed by atoms with Gasteiger partial charge in [-0.25, -0.2) is 0 Å². The van der Waals surface area contributed by atoms with E-state index in [2.05, 4.69) is 103 Å². The zero-order valence-corrected chi connectivity index (χ0v) is 26.2. The van der Waals surface area contributed by atoms with Crippen molar-refractivity contribution in [3.8, 4) is 23.7 Å². The summed E-state index contributed by atoms with van der Waals surface area (Å²) in [6.07, 6.45) is 13.4. The minimum absolute atomic E-state index is 0. The van der Waals surface area contributed by atoms with Crippen LogP contribution in [-0.4, -0.2) is 0 Å². The minimum Gasteiger partial charge on any atom is 3.00 e. The van der Waals surface area contributed by atoms with Crippen LogP contribution in [0.4, 0.5) is 0 Å². The molecular formula is C27H22Co4O12+12. The standard InChI is InChI=1S/C15H22.12CO.4Co/c1-2-4-6-8-10-12-14-15-13-11-9-7-5-3-1;12*1-2;;;;/h1-6,11-15H2;;;;;;;;;;;;;;;;/q;;;;;;;;;;;;;4*+3. The molecule has 0 heterocycles. The van der Waals surface area contributed by atoms with Crippen LogP contribution in [0.5, 0.6) is 0 Å². The Hall–Kier alpha value is -1.97. The monoisotopic (exact) mass is 774 g/mol. The molecule has 0 aliphatic heterocycles. The molecule has 0 radical (unpaired) electrons. The smallest absolute Gasteiger partial charge is 3.00 e. The fourth-order valence-corrected chi connectivity index (χ4v) is 1.74. The zero-order chi connectivity index (χ0) is 34.6. The normalized spacial score (nSPS) is 7.44. The fourth-order valence-electron chi connectivity index (χ4n) is 1.74. The van der Waals surface area contributed by atoms with Crippen LogP contribution in [0.15, 0.2) is 0 Å². The van der Waals surface area contributed by atoms with Crippen LogP contribution in [-0.2, 0) is 123 Å². The van der Waals surface area contributed by atoms with Crippen LogP contribution < -0.4 is 0 Å². The summed E-state index contributed by atoms with van der Waals surface area (Å²) < 4.78 is 90.0. The molecule has 1 aliphatic carbocycles. The maximum absolute atomic E-state index is 7.50. The van der Waals surface area contributed by atoms with Gasteiger partial charge in [-0.1, -0.05) is 19.3 Å². The van der Waals surface area contributed by atoms with E-state index in [4.69, 9.17) is 55.8 Å². The average molecular weight is 774 g/mol. The van der Waals surface area contributed by atoms with Crippen molar-refractivity contribution in [3.63, 3.8) is 0 Å². The third kappa shape index (κ3) is 341. The van der Waals surface area contributed by atoms with Crippen molar-refractivity contribution in [1.29, 1.82) is 0 Å². The van der Waals surface area contributed by atoms with E-state index in [1.54, 1.807) is 0 Å². The summed E-state index contributed by atoms with van der Waals surface area (Å²) in [7, 11) is 0. The first kappa shape index (κ1) is 105. The van der Waals surface area contributed by atoms with Crippen molar-refractivity contribution in [3.05, 3.63) is 79.8 Å². The third-order valence-electron chi connectivity index (χ3n) is 2.71. The average Bonchev–Trinajstić information content (AvgIpc) is 3.12. The van der Waals surface area contributed by atoms with E-state index in [-0.39, 0.29) is 67.1 Å². The van der Waals surface area contributed by atoms with Crippen LogP contribution in [0, 0.1) is 103 Å². The molecule has 0 unspecified atom stereocenters. The van der Waals surface area contributed by atoms with Gasteiger partial charge in [0.15, 0.2) is 0 Å². The van der Waals surface area contributed by atoms with Gasteiger partial charge in [-0.05, 0) is 25.7 Å². The van der Waals surface area contributed by atoms with Crippen molar-refractivity contribution in [2.45, 2.75) is 70.6 Å². The molecule has 226 valence electrons. The van der Waals surface area contributed by atoms with Gasteiger partial charge in [-0.3, -0.25) is 0 Å². The molecule has 0 N–H and O–H groups in total. The topological polar surface area (TPSA) is 239 Å². The number of hydrogen-bond donors (Lipinski definition) is 0. The minimum atomic E-state index is 0. The molecule has 0 bridgehead atoms. The summed E-state index contributed by atoms with van der Waals surface area (Å²) in [6.45, 7) is 54.0. The Balaban J connectivity index is -0.0000000160. The predicted octanol–water partition coefficient (Wildman–Crippen LogP) is 3.84. The summed E-state index contributed by atoms with van der Waals surface area (Å²) in [5, 5.41) is 0. The van der Waals surface area contributed by atoms with Crippen LogP contribution in [0.25, 0.3) is 0 Å². The van der Waals surface area contributed by atoms with Crippen molar-refractivity contribution < 1.29 is 123 Å². The molecule has 43 heavy (non-hydrogen) atoms. The zero-order valence-electron chi connectivity index (χ0n) is 22.0. The van der Waals surface area contributed by atoms with Gasteiger partial charge in [0.25, 0.3) is 0 Å². The molecule has 12 nitrogen and oxygen atoms in total. The molecular weight excluding hydrogens is 752 g/mol. The number of rotatable bonds is 0. The van der Waals surface area contributed by atoms with Gasteiger partial charge < -0.3 is 0 Å². The largest absolute Gasteiger partial charge is 3.00 e. The summed E-state index contributed by atoms with van der Waals surface area (Å²) in [5.41, 5.74) is 0. The third-order valence-corrected chi connectivity index (χ3v) is 2.71. The van der Waals surface area contributed by atoms with Crippen molar-refractivity contribution >= 4 is 0 Å². The van der Waals surface area contributed by atoms with E-state index in [1.807, 2.05) is 0 Å².